The standard InChI is InChI=1S/C14H20BrN/c1-4-16-13-9-11(14(13,2)3)10-7-5-6-8-12(10)15/h5-8,11,13,16H,4,9H2,1-3H3. The van der Waals surface area contributed by atoms with Gasteiger partial charge in [0.05, 0.1) is 0 Å². The lowest BCUT2D eigenvalue weighted by Gasteiger charge is -2.53. The van der Waals surface area contributed by atoms with Crippen molar-refractivity contribution in [2.45, 2.75) is 39.2 Å². The van der Waals surface area contributed by atoms with Crippen molar-refractivity contribution in [3.8, 4) is 0 Å². The van der Waals surface area contributed by atoms with E-state index < -0.39 is 0 Å². The Hall–Kier alpha value is -0.340. The van der Waals surface area contributed by atoms with E-state index in [0.29, 0.717) is 17.4 Å². The van der Waals surface area contributed by atoms with Crippen molar-refractivity contribution in [3.63, 3.8) is 0 Å². The summed E-state index contributed by atoms with van der Waals surface area (Å²) >= 11 is 3.66. The summed E-state index contributed by atoms with van der Waals surface area (Å²) in [6.45, 7) is 7.99. The van der Waals surface area contributed by atoms with E-state index in [1.54, 1.807) is 0 Å². The summed E-state index contributed by atoms with van der Waals surface area (Å²) in [5, 5.41) is 3.58. The first-order chi connectivity index (χ1) is 7.57. The zero-order chi connectivity index (χ0) is 11.8. The van der Waals surface area contributed by atoms with Crippen molar-refractivity contribution in [1.82, 2.24) is 5.32 Å². The molecule has 1 fully saturated rings. The molecule has 0 radical (unpaired) electrons. The minimum Gasteiger partial charge on any atom is -0.314 e. The van der Waals surface area contributed by atoms with Crippen LogP contribution in [0.25, 0.3) is 0 Å². The van der Waals surface area contributed by atoms with Crippen LogP contribution >= 0.6 is 15.9 Å². The van der Waals surface area contributed by atoms with Crippen molar-refractivity contribution in [1.29, 1.82) is 0 Å². The highest BCUT2D eigenvalue weighted by molar-refractivity contribution is 9.10. The van der Waals surface area contributed by atoms with Crippen LogP contribution in [0.15, 0.2) is 28.7 Å². The molecule has 2 unspecified atom stereocenters. The van der Waals surface area contributed by atoms with Crippen LogP contribution in [0.2, 0.25) is 0 Å². The number of hydrogen-bond acceptors (Lipinski definition) is 1. The van der Waals surface area contributed by atoms with Gasteiger partial charge < -0.3 is 5.32 Å². The van der Waals surface area contributed by atoms with E-state index in [2.05, 4.69) is 66.3 Å². The second-order valence-corrected chi connectivity index (χ2v) is 6.10. The van der Waals surface area contributed by atoms with Gasteiger partial charge in [0.1, 0.15) is 0 Å². The van der Waals surface area contributed by atoms with Gasteiger partial charge in [-0.25, -0.2) is 0 Å². The van der Waals surface area contributed by atoms with E-state index in [0.717, 1.165) is 6.54 Å². The average molecular weight is 282 g/mol. The molecule has 1 aromatic rings. The molecule has 1 aliphatic rings. The Kier molecular flexibility index (Phi) is 3.41. The monoisotopic (exact) mass is 281 g/mol. The molecule has 2 rings (SSSR count). The van der Waals surface area contributed by atoms with Crippen LogP contribution in [0, 0.1) is 5.41 Å². The predicted octanol–water partition coefficient (Wildman–Crippen LogP) is 3.94. The molecule has 1 aromatic carbocycles. The largest absolute Gasteiger partial charge is 0.314 e. The maximum atomic E-state index is 3.66. The third kappa shape index (κ3) is 1.93. The summed E-state index contributed by atoms with van der Waals surface area (Å²) in [5.41, 5.74) is 1.82. The van der Waals surface area contributed by atoms with Gasteiger partial charge in [-0.05, 0) is 35.9 Å². The van der Waals surface area contributed by atoms with E-state index >= 15 is 0 Å². The number of benzene rings is 1. The van der Waals surface area contributed by atoms with Crippen LogP contribution in [-0.4, -0.2) is 12.6 Å². The van der Waals surface area contributed by atoms with Crippen LogP contribution in [0.5, 0.6) is 0 Å². The van der Waals surface area contributed by atoms with Crippen LogP contribution in [-0.2, 0) is 0 Å². The van der Waals surface area contributed by atoms with Gasteiger partial charge in [-0.15, -0.1) is 0 Å². The van der Waals surface area contributed by atoms with Crippen LogP contribution < -0.4 is 5.32 Å². The first kappa shape index (κ1) is 12.1. The molecule has 0 amide bonds. The van der Waals surface area contributed by atoms with Crippen LogP contribution in [0.1, 0.15) is 38.7 Å². The Morgan fingerprint density at radius 1 is 1.38 bits per heavy atom. The molecule has 0 spiro atoms. The molecule has 2 heteroatoms. The van der Waals surface area contributed by atoms with Gasteiger partial charge in [0, 0.05) is 10.5 Å². The molecular formula is C14H20BrN. The van der Waals surface area contributed by atoms with E-state index in [9.17, 15) is 0 Å². The van der Waals surface area contributed by atoms with Gasteiger partial charge in [0.15, 0.2) is 0 Å². The van der Waals surface area contributed by atoms with Gasteiger partial charge in [-0.3, -0.25) is 0 Å². The molecule has 0 saturated heterocycles. The Morgan fingerprint density at radius 2 is 2.06 bits per heavy atom. The average Bonchev–Trinajstić information content (AvgIpc) is 2.25. The molecule has 1 N–H and O–H groups in total. The fourth-order valence-corrected chi connectivity index (χ4v) is 3.36. The van der Waals surface area contributed by atoms with Gasteiger partial charge in [-0.1, -0.05) is 54.9 Å². The summed E-state index contributed by atoms with van der Waals surface area (Å²) in [4.78, 5) is 0. The Morgan fingerprint density at radius 3 is 2.62 bits per heavy atom. The molecule has 88 valence electrons. The first-order valence-corrected chi connectivity index (χ1v) is 6.84. The normalized spacial score (nSPS) is 27.5. The summed E-state index contributed by atoms with van der Waals surface area (Å²) in [6, 6.07) is 9.28. The molecular weight excluding hydrogens is 262 g/mol. The summed E-state index contributed by atoms with van der Waals surface area (Å²) < 4.78 is 1.25. The topological polar surface area (TPSA) is 12.0 Å². The van der Waals surface area contributed by atoms with Crippen molar-refractivity contribution in [3.05, 3.63) is 34.3 Å². The van der Waals surface area contributed by atoms with E-state index in [4.69, 9.17) is 0 Å². The molecule has 0 aliphatic heterocycles. The molecule has 0 heterocycles. The Labute approximate surface area is 107 Å². The number of halogens is 1. The van der Waals surface area contributed by atoms with E-state index in [1.165, 1.54) is 16.5 Å². The second kappa shape index (κ2) is 4.50. The summed E-state index contributed by atoms with van der Waals surface area (Å²) in [7, 11) is 0. The number of rotatable bonds is 3. The highest BCUT2D eigenvalue weighted by atomic mass is 79.9. The van der Waals surface area contributed by atoms with Crippen molar-refractivity contribution < 1.29 is 0 Å². The van der Waals surface area contributed by atoms with Crippen molar-refractivity contribution in [2.75, 3.05) is 6.54 Å². The van der Waals surface area contributed by atoms with Crippen molar-refractivity contribution >= 4 is 15.9 Å². The zero-order valence-corrected chi connectivity index (χ0v) is 11.8. The summed E-state index contributed by atoms with van der Waals surface area (Å²) in [5.74, 6) is 0.673. The van der Waals surface area contributed by atoms with Gasteiger partial charge >= 0.3 is 0 Å². The third-order valence-corrected chi connectivity index (χ3v) is 4.72. The second-order valence-electron chi connectivity index (χ2n) is 5.24. The zero-order valence-electron chi connectivity index (χ0n) is 10.3. The molecule has 1 saturated carbocycles. The van der Waals surface area contributed by atoms with Crippen LogP contribution in [0.3, 0.4) is 0 Å². The third-order valence-electron chi connectivity index (χ3n) is 4.00. The van der Waals surface area contributed by atoms with E-state index in [1.807, 2.05) is 0 Å². The maximum Gasteiger partial charge on any atom is 0.0210 e. The molecule has 16 heavy (non-hydrogen) atoms. The smallest absolute Gasteiger partial charge is 0.0210 e. The van der Waals surface area contributed by atoms with Crippen molar-refractivity contribution in [2.24, 2.45) is 5.41 Å². The number of nitrogens with one attached hydrogen (secondary N) is 1. The maximum absolute atomic E-state index is 3.66. The van der Waals surface area contributed by atoms with Crippen LogP contribution in [0.4, 0.5) is 0 Å². The minimum absolute atomic E-state index is 0.361. The highest BCUT2D eigenvalue weighted by Crippen LogP contribution is 2.53. The van der Waals surface area contributed by atoms with Gasteiger partial charge in [-0.2, -0.15) is 0 Å². The molecule has 0 aromatic heterocycles. The SMILES string of the molecule is CCNC1CC(c2ccccc2Br)C1(C)C. The molecule has 2 atom stereocenters. The Balaban J connectivity index is 2.17. The lowest BCUT2D eigenvalue weighted by atomic mass is 9.56. The van der Waals surface area contributed by atoms with Gasteiger partial charge in [0.2, 0.25) is 0 Å². The fraction of sp³-hybridized carbons (Fsp3) is 0.571. The Bertz CT molecular complexity index is 373. The molecule has 1 nitrogen and oxygen atoms in total. The predicted molar refractivity (Wildman–Crippen MR) is 72.7 cm³/mol. The first-order valence-electron chi connectivity index (χ1n) is 6.05. The van der Waals surface area contributed by atoms with Gasteiger partial charge in [0.25, 0.3) is 0 Å². The molecule has 1 aliphatic carbocycles. The summed E-state index contributed by atoms with van der Waals surface area (Å²) in [6.07, 6.45) is 1.25. The fourth-order valence-electron chi connectivity index (χ4n) is 2.80. The lowest BCUT2D eigenvalue weighted by Crippen LogP contribution is -2.55. The quantitative estimate of drug-likeness (QED) is 0.885. The lowest BCUT2D eigenvalue weighted by molar-refractivity contribution is 0.0702. The van der Waals surface area contributed by atoms with E-state index in [-0.39, 0.29) is 0 Å². The molecule has 0 bridgehead atoms. The number of hydrogen-bond donors (Lipinski definition) is 1. The highest BCUT2D eigenvalue weighted by Gasteiger charge is 2.48. The minimum atomic E-state index is 0.361.